The number of aromatic nitrogens is 4. The molecule has 0 unspecified atom stereocenters. The van der Waals surface area contributed by atoms with Gasteiger partial charge in [-0.15, -0.1) is 5.10 Å². The van der Waals surface area contributed by atoms with Gasteiger partial charge in [-0.05, 0) is 34.0 Å². The fourth-order valence-electron chi connectivity index (χ4n) is 2.73. The van der Waals surface area contributed by atoms with Crippen LogP contribution in [-0.4, -0.2) is 20.7 Å². The molecule has 140 valence electrons. The van der Waals surface area contributed by atoms with Crippen molar-refractivity contribution in [1.82, 2.24) is 14.5 Å². The van der Waals surface area contributed by atoms with E-state index in [0.717, 1.165) is 16.5 Å². The van der Waals surface area contributed by atoms with E-state index in [1.165, 1.54) is 4.57 Å². The van der Waals surface area contributed by atoms with Gasteiger partial charge in [0.05, 0.1) is 12.8 Å². The second kappa shape index (κ2) is 8.17. The van der Waals surface area contributed by atoms with Gasteiger partial charge < -0.3 is 0 Å². The molecule has 0 amide bonds. The Morgan fingerprint density at radius 2 is 2.04 bits per heavy atom. The summed E-state index contributed by atoms with van der Waals surface area (Å²) in [6.07, 6.45) is 4.37. The van der Waals surface area contributed by atoms with Gasteiger partial charge in [-0.25, -0.2) is 14.3 Å². The number of aromatic amines is 2. The predicted molar refractivity (Wildman–Crippen MR) is 110 cm³/mol. The number of nitrogens with one attached hydrogen (secondary N) is 3. The maximum atomic E-state index is 12.3. The van der Waals surface area contributed by atoms with Crippen LogP contribution in [0.4, 0.5) is 5.95 Å². The van der Waals surface area contributed by atoms with Crippen molar-refractivity contribution in [3.05, 3.63) is 61.2 Å². The summed E-state index contributed by atoms with van der Waals surface area (Å²) in [7, 11) is 1.60. The average Bonchev–Trinajstić information content (AvgIpc) is 3.00. The number of nitrogens with zero attached hydrogens (tertiary/aromatic N) is 3. The number of aryl methyl sites for hydroxylation is 2. The number of benzene rings is 1. The molecule has 0 radical (unpaired) electrons. The first-order valence-electron chi connectivity index (χ1n) is 8.47. The van der Waals surface area contributed by atoms with Crippen molar-refractivity contribution >= 4 is 45.3 Å². The number of hydrogen-bond acceptors (Lipinski definition) is 4. The van der Waals surface area contributed by atoms with E-state index in [-0.39, 0.29) is 0 Å². The van der Waals surface area contributed by atoms with E-state index in [9.17, 15) is 9.59 Å². The van der Waals surface area contributed by atoms with Crippen molar-refractivity contribution in [3.8, 4) is 0 Å². The van der Waals surface area contributed by atoms with Crippen molar-refractivity contribution in [1.29, 1.82) is 0 Å². The summed E-state index contributed by atoms with van der Waals surface area (Å²) in [5.74, 6) is 0.523. The van der Waals surface area contributed by atoms with Crippen molar-refractivity contribution < 1.29 is 4.57 Å². The lowest BCUT2D eigenvalue weighted by molar-refractivity contribution is -0.657. The van der Waals surface area contributed by atoms with Crippen molar-refractivity contribution in [2.75, 3.05) is 5.43 Å². The Morgan fingerprint density at radius 1 is 1.30 bits per heavy atom. The van der Waals surface area contributed by atoms with Gasteiger partial charge in [-0.3, -0.25) is 14.3 Å². The molecule has 0 aliphatic heterocycles. The molecule has 0 aliphatic carbocycles. The monoisotopic (exact) mass is 431 g/mol. The van der Waals surface area contributed by atoms with Crippen LogP contribution in [0.5, 0.6) is 0 Å². The highest BCUT2D eigenvalue weighted by Crippen LogP contribution is 2.11. The summed E-state index contributed by atoms with van der Waals surface area (Å²) in [5.41, 5.74) is 3.90. The normalized spacial score (nSPS) is 12.2. The molecule has 0 saturated carbocycles. The SMILES string of the molecule is CCC[n+]1c(NN=CC(Br)=Cc2ccccc2)[nH]c2c1c(=O)[nH]c(=O)n2C. The zero-order valence-electron chi connectivity index (χ0n) is 15.0. The number of fused-ring (bicyclic) bond motifs is 1. The minimum absolute atomic E-state index is 0.399. The van der Waals surface area contributed by atoms with Crippen LogP contribution >= 0.6 is 15.9 Å². The summed E-state index contributed by atoms with van der Waals surface area (Å²) in [6, 6.07) is 9.85. The highest BCUT2D eigenvalue weighted by Gasteiger charge is 2.22. The summed E-state index contributed by atoms with van der Waals surface area (Å²) >= 11 is 3.46. The van der Waals surface area contributed by atoms with Crippen LogP contribution in [0.2, 0.25) is 0 Å². The minimum atomic E-state index is -0.471. The molecule has 9 heteroatoms. The van der Waals surface area contributed by atoms with Crippen LogP contribution in [0.3, 0.4) is 0 Å². The summed E-state index contributed by atoms with van der Waals surface area (Å²) in [4.78, 5) is 29.5. The highest BCUT2D eigenvalue weighted by molar-refractivity contribution is 9.12. The van der Waals surface area contributed by atoms with Crippen LogP contribution in [0, 0.1) is 0 Å². The Hall–Kier alpha value is -2.94. The number of H-pyrrole nitrogens is 2. The van der Waals surface area contributed by atoms with Crippen LogP contribution in [0.15, 0.2) is 49.5 Å². The van der Waals surface area contributed by atoms with Gasteiger partial charge in [-0.1, -0.05) is 37.3 Å². The number of halogens is 1. The number of hydrogen-bond donors (Lipinski definition) is 3. The number of anilines is 1. The number of rotatable bonds is 6. The lowest BCUT2D eigenvalue weighted by atomic mass is 10.2. The largest absolute Gasteiger partial charge is 0.381 e. The van der Waals surface area contributed by atoms with Gasteiger partial charge in [0, 0.05) is 11.5 Å². The Morgan fingerprint density at radius 3 is 2.74 bits per heavy atom. The average molecular weight is 432 g/mol. The van der Waals surface area contributed by atoms with Gasteiger partial charge >= 0.3 is 11.6 Å². The Bertz CT molecular complexity index is 1120. The van der Waals surface area contributed by atoms with Crippen LogP contribution < -0.4 is 21.2 Å². The third-order valence-corrected chi connectivity index (χ3v) is 4.42. The Kier molecular flexibility index (Phi) is 5.70. The van der Waals surface area contributed by atoms with Gasteiger partial charge in [0.2, 0.25) is 11.2 Å². The van der Waals surface area contributed by atoms with Gasteiger partial charge in [0.1, 0.15) is 0 Å². The zero-order valence-corrected chi connectivity index (χ0v) is 16.6. The van der Waals surface area contributed by atoms with Crippen LogP contribution in [0.25, 0.3) is 17.2 Å². The first-order valence-corrected chi connectivity index (χ1v) is 9.26. The standard InChI is InChI=1S/C18H19BrN6O2/c1-3-9-25-14-15(24(2)18(27)22-16(14)26)21-17(25)23-20-11-13(19)10-12-7-5-4-6-8-12/h4-8,10-11H,3,9H2,1-2H3,(H2,21,22,23,26,27)/p+1. The molecular weight excluding hydrogens is 412 g/mol. The fourth-order valence-corrected chi connectivity index (χ4v) is 3.10. The van der Waals surface area contributed by atoms with Crippen molar-refractivity contribution in [3.63, 3.8) is 0 Å². The molecule has 3 N–H and O–H groups in total. The summed E-state index contributed by atoms with van der Waals surface area (Å²) < 4.78 is 3.92. The predicted octanol–water partition coefficient (Wildman–Crippen LogP) is 2.09. The summed E-state index contributed by atoms with van der Waals surface area (Å²) in [6.45, 7) is 2.61. The quantitative estimate of drug-likeness (QED) is 0.316. The molecule has 0 aliphatic rings. The molecule has 0 bridgehead atoms. The molecule has 0 atom stereocenters. The number of allylic oxidation sites excluding steroid dienone is 1. The lowest BCUT2D eigenvalue weighted by Crippen LogP contribution is -2.41. The van der Waals surface area contributed by atoms with Crippen LogP contribution in [0.1, 0.15) is 18.9 Å². The van der Waals surface area contributed by atoms with E-state index in [1.807, 2.05) is 43.3 Å². The number of imidazole rings is 1. The summed E-state index contributed by atoms with van der Waals surface area (Å²) in [5, 5.41) is 4.22. The maximum Gasteiger partial charge on any atom is 0.381 e. The van der Waals surface area contributed by atoms with E-state index in [4.69, 9.17) is 0 Å². The maximum absolute atomic E-state index is 12.3. The van der Waals surface area contributed by atoms with E-state index >= 15 is 0 Å². The van der Waals surface area contributed by atoms with E-state index in [2.05, 4.69) is 36.4 Å². The molecule has 1 aromatic carbocycles. The van der Waals surface area contributed by atoms with E-state index in [1.54, 1.807) is 17.8 Å². The second-order valence-corrected chi connectivity index (χ2v) is 6.87. The van der Waals surface area contributed by atoms with Gasteiger partial charge in [0.25, 0.3) is 5.56 Å². The molecule has 0 saturated heterocycles. The molecule has 0 fully saturated rings. The second-order valence-electron chi connectivity index (χ2n) is 5.95. The first-order chi connectivity index (χ1) is 13.0. The molecule has 0 spiro atoms. The minimum Gasteiger partial charge on any atom is -0.271 e. The third kappa shape index (κ3) is 4.08. The third-order valence-electron chi connectivity index (χ3n) is 3.99. The van der Waals surface area contributed by atoms with Crippen LogP contribution in [-0.2, 0) is 13.6 Å². The van der Waals surface area contributed by atoms with Crippen molar-refractivity contribution in [2.45, 2.75) is 19.9 Å². The lowest BCUT2D eigenvalue weighted by Gasteiger charge is -1.99. The van der Waals surface area contributed by atoms with E-state index in [0.29, 0.717) is 23.7 Å². The molecule has 3 rings (SSSR count). The van der Waals surface area contributed by atoms with Gasteiger partial charge in [-0.2, -0.15) is 5.43 Å². The number of hydrazone groups is 1. The van der Waals surface area contributed by atoms with Gasteiger partial charge in [0.15, 0.2) is 0 Å². The Labute approximate surface area is 163 Å². The Balaban J connectivity index is 1.93. The van der Waals surface area contributed by atoms with E-state index < -0.39 is 11.2 Å². The van der Waals surface area contributed by atoms with Crippen molar-refractivity contribution in [2.24, 2.45) is 12.1 Å². The zero-order chi connectivity index (χ0) is 19.4. The fraction of sp³-hybridized carbons (Fsp3) is 0.222. The molecule has 27 heavy (non-hydrogen) atoms. The smallest absolute Gasteiger partial charge is 0.271 e. The molecular formula is C18H20BrN6O2+. The first kappa shape index (κ1) is 18.8. The molecule has 8 nitrogen and oxygen atoms in total. The molecule has 2 heterocycles. The molecule has 2 aromatic heterocycles. The molecule has 3 aromatic rings. The topological polar surface area (TPSA) is 98.9 Å². The highest BCUT2D eigenvalue weighted by atomic mass is 79.9.